The molecule has 0 aromatic heterocycles. The minimum atomic E-state index is 0.182. The van der Waals surface area contributed by atoms with Crippen LogP contribution in [0.25, 0.3) is 0 Å². The zero-order valence-electron chi connectivity index (χ0n) is 13.8. The second-order valence-electron chi connectivity index (χ2n) is 6.29. The van der Waals surface area contributed by atoms with Crippen molar-refractivity contribution in [3.8, 4) is 5.75 Å². The number of rotatable bonds is 9. The molecule has 0 saturated carbocycles. The van der Waals surface area contributed by atoms with E-state index < -0.39 is 0 Å². The van der Waals surface area contributed by atoms with Crippen LogP contribution in [-0.4, -0.2) is 18.2 Å². The lowest BCUT2D eigenvalue weighted by Gasteiger charge is -2.27. The average Bonchev–Trinajstić information content (AvgIpc) is 2.45. The molecule has 0 amide bonds. The van der Waals surface area contributed by atoms with E-state index in [1.54, 1.807) is 0 Å². The van der Waals surface area contributed by atoms with Crippen molar-refractivity contribution in [2.24, 2.45) is 0 Å². The molecule has 1 rings (SSSR count). The van der Waals surface area contributed by atoms with E-state index in [9.17, 15) is 0 Å². The second kappa shape index (κ2) is 8.31. The van der Waals surface area contributed by atoms with Gasteiger partial charge in [0.2, 0.25) is 0 Å². The van der Waals surface area contributed by atoms with Gasteiger partial charge in [0, 0.05) is 12.1 Å². The fourth-order valence-corrected chi connectivity index (χ4v) is 1.93. The molecule has 2 nitrogen and oxygen atoms in total. The molecule has 1 atom stereocenters. The van der Waals surface area contributed by atoms with Crippen molar-refractivity contribution < 1.29 is 4.74 Å². The standard InChI is InChI=1S/C18H31NO/c1-6-8-9-16-10-12-17(13-11-16)20-15(3)14-19-18(4,5)7-2/h10-13,15,19H,6-9,14H2,1-5H3. The molecular weight excluding hydrogens is 246 g/mol. The molecule has 1 aromatic carbocycles. The Morgan fingerprint density at radius 1 is 1.15 bits per heavy atom. The summed E-state index contributed by atoms with van der Waals surface area (Å²) < 4.78 is 5.95. The average molecular weight is 277 g/mol. The zero-order valence-corrected chi connectivity index (χ0v) is 13.8. The Labute approximate surface area is 124 Å². The lowest BCUT2D eigenvalue weighted by molar-refractivity contribution is 0.199. The summed E-state index contributed by atoms with van der Waals surface area (Å²) in [5.74, 6) is 0.967. The number of hydrogen-bond donors (Lipinski definition) is 1. The summed E-state index contributed by atoms with van der Waals surface area (Å²) in [5, 5.41) is 3.54. The molecule has 2 heteroatoms. The van der Waals surface area contributed by atoms with E-state index in [0.717, 1.165) is 18.7 Å². The Hall–Kier alpha value is -1.02. The van der Waals surface area contributed by atoms with Gasteiger partial charge in [-0.2, -0.15) is 0 Å². The Kier molecular flexibility index (Phi) is 7.08. The first kappa shape index (κ1) is 17.0. The molecule has 1 unspecified atom stereocenters. The highest BCUT2D eigenvalue weighted by Crippen LogP contribution is 2.15. The van der Waals surface area contributed by atoms with Crippen LogP contribution in [0, 0.1) is 0 Å². The van der Waals surface area contributed by atoms with E-state index in [2.05, 4.69) is 64.2 Å². The third kappa shape index (κ3) is 6.42. The summed E-state index contributed by atoms with van der Waals surface area (Å²) in [7, 11) is 0. The Bertz CT molecular complexity index is 370. The second-order valence-corrected chi connectivity index (χ2v) is 6.29. The van der Waals surface area contributed by atoms with Gasteiger partial charge in [0.05, 0.1) is 0 Å². The first-order chi connectivity index (χ1) is 9.46. The molecule has 1 N–H and O–H groups in total. The van der Waals surface area contributed by atoms with E-state index in [-0.39, 0.29) is 11.6 Å². The van der Waals surface area contributed by atoms with Crippen LogP contribution in [0.2, 0.25) is 0 Å². The van der Waals surface area contributed by atoms with Crippen LogP contribution < -0.4 is 10.1 Å². The summed E-state index contributed by atoms with van der Waals surface area (Å²) >= 11 is 0. The van der Waals surface area contributed by atoms with E-state index in [1.807, 2.05) is 0 Å². The van der Waals surface area contributed by atoms with E-state index in [4.69, 9.17) is 4.74 Å². The molecule has 0 aliphatic carbocycles. The fourth-order valence-electron chi connectivity index (χ4n) is 1.93. The van der Waals surface area contributed by atoms with Gasteiger partial charge in [0.15, 0.2) is 0 Å². The molecule has 0 bridgehead atoms. The number of ether oxygens (including phenoxy) is 1. The number of unbranched alkanes of at least 4 members (excludes halogenated alkanes) is 1. The van der Waals surface area contributed by atoms with Crippen LogP contribution in [0.1, 0.15) is 59.4 Å². The zero-order chi connectivity index (χ0) is 15.0. The number of benzene rings is 1. The minimum Gasteiger partial charge on any atom is -0.489 e. The number of hydrogen-bond acceptors (Lipinski definition) is 2. The quantitative estimate of drug-likeness (QED) is 0.713. The lowest BCUT2D eigenvalue weighted by Crippen LogP contribution is -2.43. The van der Waals surface area contributed by atoms with Crippen molar-refractivity contribution in [3.05, 3.63) is 29.8 Å². The molecular formula is C18H31NO. The van der Waals surface area contributed by atoms with Crippen LogP contribution in [0.15, 0.2) is 24.3 Å². The maximum atomic E-state index is 5.95. The maximum Gasteiger partial charge on any atom is 0.119 e. The predicted octanol–water partition coefficient (Wildman–Crippen LogP) is 4.57. The van der Waals surface area contributed by atoms with Crippen LogP contribution in [0.5, 0.6) is 5.75 Å². The van der Waals surface area contributed by atoms with Gasteiger partial charge in [0.1, 0.15) is 11.9 Å². The first-order valence-electron chi connectivity index (χ1n) is 7.97. The summed E-state index contributed by atoms with van der Waals surface area (Å²) in [6.45, 7) is 11.9. The molecule has 0 spiro atoms. The van der Waals surface area contributed by atoms with Gasteiger partial charge in [-0.3, -0.25) is 0 Å². The van der Waals surface area contributed by atoms with Gasteiger partial charge in [-0.15, -0.1) is 0 Å². The van der Waals surface area contributed by atoms with Crippen LogP contribution in [0.4, 0.5) is 0 Å². The third-order valence-electron chi connectivity index (χ3n) is 3.83. The van der Waals surface area contributed by atoms with Gasteiger partial charge in [0.25, 0.3) is 0 Å². The van der Waals surface area contributed by atoms with Gasteiger partial charge in [-0.05, 0) is 57.7 Å². The molecule has 0 radical (unpaired) electrons. The van der Waals surface area contributed by atoms with Crippen molar-refractivity contribution in [1.29, 1.82) is 0 Å². The van der Waals surface area contributed by atoms with Crippen molar-refractivity contribution in [3.63, 3.8) is 0 Å². The highest BCUT2D eigenvalue weighted by molar-refractivity contribution is 5.27. The summed E-state index contributed by atoms with van der Waals surface area (Å²) in [5.41, 5.74) is 1.58. The topological polar surface area (TPSA) is 21.3 Å². The number of aryl methyl sites for hydroxylation is 1. The molecule has 0 fully saturated rings. The Morgan fingerprint density at radius 3 is 2.35 bits per heavy atom. The van der Waals surface area contributed by atoms with Crippen LogP contribution >= 0.6 is 0 Å². The minimum absolute atomic E-state index is 0.182. The monoisotopic (exact) mass is 277 g/mol. The predicted molar refractivity (Wildman–Crippen MR) is 87.5 cm³/mol. The smallest absolute Gasteiger partial charge is 0.119 e. The highest BCUT2D eigenvalue weighted by Gasteiger charge is 2.15. The van der Waals surface area contributed by atoms with Gasteiger partial charge in [-0.25, -0.2) is 0 Å². The summed E-state index contributed by atoms with van der Waals surface area (Å²) in [6, 6.07) is 8.54. The Balaban J connectivity index is 2.40. The molecule has 0 saturated heterocycles. The van der Waals surface area contributed by atoms with Gasteiger partial charge in [-0.1, -0.05) is 32.4 Å². The number of nitrogens with one attached hydrogen (secondary N) is 1. The van der Waals surface area contributed by atoms with Gasteiger partial charge >= 0.3 is 0 Å². The molecule has 1 aromatic rings. The van der Waals surface area contributed by atoms with Crippen LogP contribution in [0.3, 0.4) is 0 Å². The first-order valence-corrected chi connectivity index (χ1v) is 7.97. The van der Waals surface area contributed by atoms with Crippen LogP contribution in [-0.2, 0) is 6.42 Å². The molecule has 20 heavy (non-hydrogen) atoms. The van der Waals surface area contributed by atoms with Gasteiger partial charge < -0.3 is 10.1 Å². The molecule has 0 heterocycles. The van der Waals surface area contributed by atoms with E-state index in [1.165, 1.54) is 24.8 Å². The normalized spacial score (nSPS) is 13.2. The van der Waals surface area contributed by atoms with Crippen molar-refractivity contribution >= 4 is 0 Å². The van der Waals surface area contributed by atoms with Crippen molar-refractivity contribution in [1.82, 2.24) is 5.32 Å². The summed E-state index contributed by atoms with van der Waals surface area (Å²) in [4.78, 5) is 0. The SMILES string of the molecule is CCCCc1ccc(OC(C)CNC(C)(C)CC)cc1. The maximum absolute atomic E-state index is 5.95. The third-order valence-corrected chi connectivity index (χ3v) is 3.83. The van der Waals surface area contributed by atoms with E-state index >= 15 is 0 Å². The molecule has 0 aliphatic heterocycles. The Morgan fingerprint density at radius 2 is 1.80 bits per heavy atom. The fraction of sp³-hybridized carbons (Fsp3) is 0.667. The lowest BCUT2D eigenvalue weighted by atomic mass is 10.0. The van der Waals surface area contributed by atoms with Crippen molar-refractivity contribution in [2.75, 3.05) is 6.54 Å². The summed E-state index contributed by atoms with van der Waals surface area (Å²) in [6.07, 6.45) is 4.97. The van der Waals surface area contributed by atoms with E-state index in [0.29, 0.717) is 0 Å². The molecule has 114 valence electrons. The highest BCUT2D eigenvalue weighted by atomic mass is 16.5. The largest absolute Gasteiger partial charge is 0.489 e. The molecule has 0 aliphatic rings. The van der Waals surface area contributed by atoms with Crippen molar-refractivity contribution in [2.45, 2.75) is 71.9 Å².